The molecule has 0 atom stereocenters. The van der Waals surface area contributed by atoms with Gasteiger partial charge in [-0.2, -0.15) is 0 Å². The van der Waals surface area contributed by atoms with E-state index in [1.165, 1.54) is 0 Å². The summed E-state index contributed by atoms with van der Waals surface area (Å²) in [7, 11) is 1.82. The number of aryl methyl sites for hydroxylation is 1. The molecular formula is C19H31ClN6O3S. The summed E-state index contributed by atoms with van der Waals surface area (Å²) in [5.74, 6) is 1.89. The molecular weight excluding hydrogens is 428 g/mol. The molecule has 0 unspecified atom stereocenters. The first-order valence-corrected chi connectivity index (χ1v) is 10.5. The van der Waals surface area contributed by atoms with Crippen molar-refractivity contribution in [2.75, 3.05) is 25.5 Å². The molecule has 0 saturated carbocycles. The van der Waals surface area contributed by atoms with Crippen molar-refractivity contribution in [1.29, 1.82) is 0 Å². The molecule has 11 heteroatoms. The van der Waals surface area contributed by atoms with Crippen LogP contribution in [0.1, 0.15) is 33.3 Å². The molecule has 30 heavy (non-hydrogen) atoms. The summed E-state index contributed by atoms with van der Waals surface area (Å²) >= 11 is 1.60. The van der Waals surface area contributed by atoms with Crippen LogP contribution in [-0.4, -0.2) is 57.2 Å². The van der Waals surface area contributed by atoms with E-state index >= 15 is 0 Å². The molecule has 0 aliphatic heterocycles. The fourth-order valence-corrected chi connectivity index (χ4v) is 3.18. The Kier molecular flexibility index (Phi) is 10.9. The van der Waals surface area contributed by atoms with Gasteiger partial charge in [0, 0.05) is 31.4 Å². The second-order valence-corrected chi connectivity index (χ2v) is 8.47. The molecule has 0 spiro atoms. The van der Waals surface area contributed by atoms with Crippen LogP contribution in [0.15, 0.2) is 23.4 Å². The molecule has 0 saturated heterocycles. The molecule has 0 fully saturated rings. The number of halogens is 1. The fourth-order valence-electron chi connectivity index (χ4n) is 2.44. The Morgan fingerprint density at radius 1 is 1.23 bits per heavy atom. The third-order valence-electron chi connectivity index (χ3n) is 3.60. The lowest BCUT2D eigenvalue weighted by atomic mass is 10.1. The largest absolute Gasteiger partial charge is 0.490 e. The summed E-state index contributed by atoms with van der Waals surface area (Å²) in [5.41, 5.74) is 0.783. The van der Waals surface area contributed by atoms with Gasteiger partial charge >= 0.3 is 0 Å². The zero-order valence-electron chi connectivity index (χ0n) is 18.1. The van der Waals surface area contributed by atoms with Crippen molar-refractivity contribution in [2.45, 2.75) is 44.9 Å². The van der Waals surface area contributed by atoms with Gasteiger partial charge in [0.05, 0.1) is 6.61 Å². The lowest BCUT2D eigenvalue weighted by molar-refractivity contribution is -0.124. The second kappa shape index (κ2) is 12.6. The number of thioether (sulfide) groups is 1. The van der Waals surface area contributed by atoms with E-state index in [0.29, 0.717) is 24.7 Å². The van der Waals surface area contributed by atoms with Crippen molar-refractivity contribution in [3.8, 4) is 11.5 Å². The maximum atomic E-state index is 12.0. The van der Waals surface area contributed by atoms with Crippen molar-refractivity contribution < 1.29 is 14.3 Å². The van der Waals surface area contributed by atoms with Crippen LogP contribution >= 0.6 is 24.2 Å². The quantitative estimate of drug-likeness (QED) is 0.390. The SMILES string of the molecule is CCOc1cc(CNCCSc2nnnn2C)ccc1OCC(=O)NC(C)(C)C.Cl. The van der Waals surface area contributed by atoms with Gasteiger partial charge in [0.25, 0.3) is 5.91 Å². The molecule has 2 aromatic rings. The molecule has 2 rings (SSSR count). The first-order chi connectivity index (χ1) is 13.8. The number of tetrazole rings is 1. The summed E-state index contributed by atoms with van der Waals surface area (Å²) in [6.07, 6.45) is 0. The van der Waals surface area contributed by atoms with Crippen LogP contribution < -0.4 is 20.1 Å². The minimum absolute atomic E-state index is 0. The number of nitrogens with zero attached hydrogens (tertiary/aromatic N) is 4. The van der Waals surface area contributed by atoms with E-state index in [0.717, 1.165) is 23.0 Å². The Hall–Kier alpha value is -2.04. The fraction of sp³-hybridized carbons (Fsp3) is 0.579. The number of carbonyl (C=O) groups excluding carboxylic acids is 1. The number of amides is 1. The Morgan fingerprint density at radius 2 is 2.00 bits per heavy atom. The smallest absolute Gasteiger partial charge is 0.258 e. The van der Waals surface area contributed by atoms with Crippen molar-refractivity contribution >= 4 is 30.1 Å². The van der Waals surface area contributed by atoms with Gasteiger partial charge < -0.3 is 20.1 Å². The molecule has 2 N–H and O–H groups in total. The van der Waals surface area contributed by atoms with Crippen LogP contribution in [0.25, 0.3) is 0 Å². The van der Waals surface area contributed by atoms with Crippen LogP contribution in [0, 0.1) is 0 Å². The lowest BCUT2D eigenvalue weighted by Crippen LogP contribution is -2.43. The second-order valence-electron chi connectivity index (χ2n) is 7.41. The number of benzene rings is 1. The Morgan fingerprint density at radius 3 is 2.63 bits per heavy atom. The van der Waals surface area contributed by atoms with Gasteiger partial charge in [-0.05, 0) is 55.8 Å². The number of carbonyl (C=O) groups is 1. The summed E-state index contributed by atoms with van der Waals surface area (Å²) in [6.45, 7) is 9.69. The highest BCUT2D eigenvalue weighted by Crippen LogP contribution is 2.28. The highest BCUT2D eigenvalue weighted by molar-refractivity contribution is 7.99. The van der Waals surface area contributed by atoms with E-state index in [1.54, 1.807) is 16.4 Å². The van der Waals surface area contributed by atoms with E-state index in [9.17, 15) is 4.79 Å². The first-order valence-electron chi connectivity index (χ1n) is 9.54. The highest BCUT2D eigenvalue weighted by Gasteiger charge is 2.15. The number of nitrogens with one attached hydrogen (secondary N) is 2. The van der Waals surface area contributed by atoms with E-state index in [-0.39, 0.29) is 30.5 Å². The van der Waals surface area contributed by atoms with Crippen LogP contribution in [-0.2, 0) is 18.4 Å². The maximum Gasteiger partial charge on any atom is 0.258 e. The number of hydrogen-bond donors (Lipinski definition) is 2. The van der Waals surface area contributed by atoms with Gasteiger partial charge in [0.2, 0.25) is 5.16 Å². The highest BCUT2D eigenvalue weighted by atomic mass is 35.5. The molecule has 168 valence electrons. The molecule has 1 aromatic heterocycles. The third-order valence-corrected chi connectivity index (χ3v) is 4.61. The minimum atomic E-state index is -0.291. The van der Waals surface area contributed by atoms with Crippen LogP contribution in [0.4, 0.5) is 0 Å². The van der Waals surface area contributed by atoms with E-state index < -0.39 is 0 Å². The maximum absolute atomic E-state index is 12.0. The minimum Gasteiger partial charge on any atom is -0.490 e. The summed E-state index contributed by atoms with van der Waals surface area (Å²) in [6, 6.07) is 5.74. The Balaban J connectivity index is 0.00000450. The molecule has 1 aromatic carbocycles. The average Bonchev–Trinajstić information content (AvgIpc) is 3.04. The monoisotopic (exact) mass is 458 g/mol. The van der Waals surface area contributed by atoms with Crippen molar-refractivity contribution in [2.24, 2.45) is 7.05 Å². The summed E-state index contributed by atoms with van der Waals surface area (Å²) in [4.78, 5) is 12.0. The zero-order valence-corrected chi connectivity index (χ0v) is 19.7. The van der Waals surface area contributed by atoms with Crippen molar-refractivity contribution in [1.82, 2.24) is 30.8 Å². The zero-order chi connectivity index (χ0) is 21.3. The number of rotatable bonds is 11. The van der Waals surface area contributed by atoms with Gasteiger partial charge in [0.15, 0.2) is 18.1 Å². The molecule has 0 aliphatic rings. The standard InChI is InChI=1S/C19H30N6O3S.ClH/c1-6-27-16-11-14(12-20-9-10-29-18-22-23-24-25(18)5)7-8-15(16)28-13-17(26)21-19(2,3)4;/h7-8,11,20H,6,9-10,12-13H2,1-5H3,(H,21,26);1H. The number of hydrogen-bond acceptors (Lipinski definition) is 8. The van der Waals surface area contributed by atoms with Crippen LogP contribution in [0.5, 0.6) is 11.5 Å². The van der Waals surface area contributed by atoms with Gasteiger partial charge in [-0.15, -0.1) is 17.5 Å². The predicted octanol–water partition coefficient (Wildman–Crippen LogP) is 2.21. The number of aromatic nitrogens is 4. The van der Waals surface area contributed by atoms with Gasteiger partial charge in [-0.25, -0.2) is 4.68 Å². The summed E-state index contributed by atoms with van der Waals surface area (Å²) < 4.78 is 13.0. The molecule has 0 bridgehead atoms. The summed E-state index contributed by atoms with van der Waals surface area (Å²) in [5, 5.41) is 18.4. The molecule has 9 nitrogen and oxygen atoms in total. The van der Waals surface area contributed by atoms with Crippen molar-refractivity contribution in [3.63, 3.8) is 0 Å². The molecule has 0 radical (unpaired) electrons. The Labute approximate surface area is 188 Å². The number of ether oxygens (including phenoxy) is 2. The topological polar surface area (TPSA) is 103 Å². The third kappa shape index (κ3) is 9.19. The average molecular weight is 459 g/mol. The molecule has 0 aliphatic carbocycles. The van der Waals surface area contributed by atoms with Gasteiger partial charge in [0.1, 0.15) is 0 Å². The van der Waals surface area contributed by atoms with Crippen LogP contribution in [0.3, 0.4) is 0 Å². The Bertz CT molecular complexity index is 797. The van der Waals surface area contributed by atoms with E-state index in [2.05, 4.69) is 26.2 Å². The first kappa shape index (κ1) is 26.0. The van der Waals surface area contributed by atoms with Gasteiger partial charge in [-0.1, -0.05) is 17.8 Å². The van der Waals surface area contributed by atoms with Crippen LogP contribution in [0.2, 0.25) is 0 Å². The van der Waals surface area contributed by atoms with Crippen molar-refractivity contribution in [3.05, 3.63) is 23.8 Å². The molecule has 1 amide bonds. The lowest BCUT2D eigenvalue weighted by Gasteiger charge is -2.21. The molecule has 1 heterocycles. The van der Waals surface area contributed by atoms with E-state index in [1.807, 2.05) is 52.9 Å². The normalized spacial score (nSPS) is 11.0. The van der Waals surface area contributed by atoms with E-state index in [4.69, 9.17) is 9.47 Å². The van der Waals surface area contributed by atoms with Gasteiger partial charge in [-0.3, -0.25) is 4.79 Å². The predicted molar refractivity (Wildman–Crippen MR) is 119 cm³/mol.